The number of amides is 1. The molecule has 0 fully saturated rings. The van der Waals surface area contributed by atoms with Crippen LogP contribution in [0.4, 0.5) is 0 Å². The van der Waals surface area contributed by atoms with Crippen molar-refractivity contribution < 1.29 is 4.79 Å². The first kappa shape index (κ1) is 12.2. The van der Waals surface area contributed by atoms with E-state index in [0.29, 0.717) is 18.8 Å². The predicted octanol–water partition coefficient (Wildman–Crippen LogP) is 0.735. The lowest BCUT2D eigenvalue weighted by Crippen LogP contribution is -2.27. The van der Waals surface area contributed by atoms with Gasteiger partial charge in [-0.15, -0.1) is 5.10 Å². The topological polar surface area (TPSA) is 83.6 Å². The molecule has 0 saturated carbocycles. The number of hydrogen-bond acceptors (Lipinski definition) is 4. The Hall–Kier alpha value is -2.24. The van der Waals surface area contributed by atoms with E-state index in [4.69, 9.17) is 0 Å². The Morgan fingerprint density at radius 1 is 1.44 bits per heavy atom. The second kappa shape index (κ2) is 5.90. The minimum absolute atomic E-state index is 0.188. The molecule has 18 heavy (non-hydrogen) atoms. The van der Waals surface area contributed by atoms with Gasteiger partial charge in [0.25, 0.3) is 5.91 Å². The quantitative estimate of drug-likeness (QED) is 0.813. The number of carbonyl (C=O) groups is 1. The lowest BCUT2D eigenvalue weighted by Gasteiger charge is -2.01. The fourth-order valence-corrected chi connectivity index (χ4v) is 1.48. The molecular weight excluding hydrogens is 230 g/mol. The van der Waals surface area contributed by atoms with Crippen molar-refractivity contribution in [1.82, 2.24) is 25.5 Å². The minimum atomic E-state index is -0.262. The number of aromatic amines is 1. The van der Waals surface area contributed by atoms with Crippen LogP contribution in [0, 0.1) is 0 Å². The van der Waals surface area contributed by atoms with Gasteiger partial charge in [-0.3, -0.25) is 14.9 Å². The number of aryl methyl sites for hydroxylation is 1. The molecular formula is C12H15N5O. The van der Waals surface area contributed by atoms with Crippen LogP contribution in [0.15, 0.2) is 24.4 Å². The highest BCUT2D eigenvalue weighted by atomic mass is 16.2. The maximum atomic E-state index is 11.7. The van der Waals surface area contributed by atoms with Gasteiger partial charge in [0.05, 0.1) is 0 Å². The molecule has 0 aliphatic rings. The third-order valence-corrected chi connectivity index (χ3v) is 2.46. The highest BCUT2D eigenvalue weighted by Gasteiger charge is 2.10. The normalized spacial score (nSPS) is 10.3. The highest BCUT2D eigenvalue weighted by Crippen LogP contribution is 1.95. The molecule has 2 rings (SSSR count). The summed E-state index contributed by atoms with van der Waals surface area (Å²) in [5.74, 6) is 0.639. The minimum Gasteiger partial charge on any atom is -0.349 e. The van der Waals surface area contributed by atoms with Crippen LogP contribution in [0.3, 0.4) is 0 Å². The third kappa shape index (κ3) is 3.13. The Bertz CT molecular complexity index is 508. The Kier molecular flexibility index (Phi) is 4.01. The van der Waals surface area contributed by atoms with Crippen LogP contribution in [0.25, 0.3) is 0 Å². The van der Waals surface area contributed by atoms with Crippen molar-refractivity contribution in [2.24, 2.45) is 0 Å². The van der Waals surface area contributed by atoms with Crippen molar-refractivity contribution in [2.45, 2.75) is 19.8 Å². The van der Waals surface area contributed by atoms with Crippen LogP contribution < -0.4 is 5.32 Å². The number of nitrogens with zero attached hydrogens (tertiary/aromatic N) is 3. The first-order valence-electron chi connectivity index (χ1n) is 5.89. The number of H-pyrrole nitrogens is 1. The van der Waals surface area contributed by atoms with Gasteiger partial charge in [-0.2, -0.15) is 0 Å². The van der Waals surface area contributed by atoms with E-state index in [1.165, 1.54) is 0 Å². The monoisotopic (exact) mass is 245 g/mol. The smallest absolute Gasteiger partial charge is 0.290 e. The van der Waals surface area contributed by atoms with E-state index in [0.717, 1.165) is 12.1 Å². The van der Waals surface area contributed by atoms with Crippen LogP contribution >= 0.6 is 0 Å². The lowest BCUT2D eigenvalue weighted by atomic mass is 10.3. The summed E-state index contributed by atoms with van der Waals surface area (Å²) in [4.78, 5) is 19.9. The van der Waals surface area contributed by atoms with Gasteiger partial charge in [-0.25, -0.2) is 4.98 Å². The van der Waals surface area contributed by atoms with Crippen LogP contribution in [-0.2, 0) is 12.8 Å². The van der Waals surface area contributed by atoms with Gasteiger partial charge in [0.15, 0.2) is 0 Å². The van der Waals surface area contributed by atoms with Crippen molar-refractivity contribution in [3.8, 4) is 0 Å². The number of hydrogen-bond donors (Lipinski definition) is 2. The van der Waals surface area contributed by atoms with Gasteiger partial charge in [-0.05, 0) is 12.1 Å². The average Bonchev–Trinajstić information content (AvgIpc) is 2.89. The zero-order chi connectivity index (χ0) is 12.8. The predicted molar refractivity (Wildman–Crippen MR) is 66.0 cm³/mol. The van der Waals surface area contributed by atoms with Crippen LogP contribution in [0.1, 0.15) is 29.1 Å². The second-order valence-electron chi connectivity index (χ2n) is 3.79. The van der Waals surface area contributed by atoms with Crippen molar-refractivity contribution in [3.05, 3.63) is 41.7 Å². The summed E-state index contributed by atoms with van der Waals surface area (Å²) in [6.45, 7) is 2.47. The van der Waals surface area contributed by atoms with Gasteiger partial charge < -0.3 is 5.32 Å². The Labute approximate surface area is 105 Å². The van der Waals surface area contributed by atoms with Crippen LogP contribution in [0.5, 0.6) is 0 Å². The standard InChI is InChI=1S/C12H15N5O/c1-2-10-15-11(17-16-10)12(18)14-8-6-9-5-3-4-7-13-9/h3-5,7H,2,6,8H2,1H3,(H,14,18)(H,15,16,17). The zero-order valence-corrected chi connectivity index (χ0v) is 10.2. The molecule has 0 aliphatic heterocycles. The van der Waals surface area contributed by atoms with Crippen LogP contribution in [0.2, 0.25) is 0 Å². The molecule has 2 heterocycles. The molecule has 0 spiro atoms. The van der Waals surface area contributed by atoms with Gasteiger partial charge in [0, 0.05) is 31.3 Å². The number of pyridine rings is 1. The van der Waals surface area contributed by atoms with Crippen molar-refractivity contribution >= 4 is 5.91 Å². The fraction of sp³-hybridized carbons (Fsp3) is 0.333. The average molecular weight is 245 g/mol. The molecule has 1 amide bonds. The van der Waals surface area contributed by atoms with E-state index in [-0.39, 0.29) is 11.7 Å². The van der Waals surface area contributed by atoms with Gasteiger partial charge in [-0.1, -0.05) is 13.0 Å². The van der Waals surface area contributed by atoms with E-state index in [1.54, 1.807) is 6.20 Å². The third-order valence-electron chi connectivity index (χ3n) is 2.46. The van der Waals surface area contributed by atoms with Crippen molar-refractivity contribution in [1.29, 1.82) is 0 Å². The van der Waals surface area contributed by atoms with E-state index in [1.807, 2.05) is 25.1 Å². The zero-order valence-electron chi connectivity index (χ0n) is 10.2. The summed E-state index contributed by atoms with van der Waals surface area (Å²) in [5.41, 5.74) is 0.946. The Morgan fingerprint density at radius 2 is 2.33 bits per heavy atom. The van der Waals surface area contributed by atoms with E-state index in [9.17, 15) is 4.79 Å². The van der Waals surface area contributed by atoms with Crippen molar-refractivity contribution in [3.63, 3.8) is 0 Å². The molecule has 0 bridgehead atoms. The molecule has 6 heteroatoms. The van der Waals surface area contributed by atoms with Gasteiger partial charge in [0.2, 0.25) is 5.82 Å². The maximum absolute atomic E-state index is 11.7. The summed E-state index contributed by atoms with van der Waals surface area (Å²) in [7, 11) is 0. The van der Waals surface area contributed by atoms with E-state index in [2.05, 4.69) is 25.5 Å². The SMILES string of the molecule is CCc1nc(C(=O)NCCc2ccccn2)n[nH]1. The summed E-state index contributed by atoms with van der Waals surface area (Å²) >= 11 is 0. The van der Waals surface area contributed by atoms with E-state index < -0.39 is 0 Å². The number of carbonyl (C=O) groups excluding carboxylic acids is 1. The molecule has 94 valence electrons. The fourth-order valence-electron chi connectivity index (χ4n) is 1.48. The lowest BCUT2D eigenvalue weighted by molar-refractivity contribution is 0.0944. The molecule has 2 aromatic heterocycles. The molecule has 0 unspecified atom stereocenters. The molecule has 2 aromatic rings. The summed E-state index contributed by atoms with van der Waals surface area (Å²) in [6, 6.07) is 5.71. The maximum Gasteiger partial charge on any atom is 0.290 e. The first-order valence-corrected chi connectivity index (χ1v) is 5.89. The Morgan fingerprint density at radius 3 is 3.00 bits per heavy atom. The largest absolute Gasteiger partial charge is 0.349 e. The Balaban J connectivity index is 1.81. The summed E-state index contributed by atoms with van der Waals surface area (Å²) in [5, 5.41) is 9.32. The molecule has 0 radical (unpaired) electrons. The molecule has 0 saturated heterocycles. The van der Waals surface area contributed by atoms with E-state index >= 15 is 0 Å². The first-order chi connectivity index (χ1) is 8.79. The molecule has 0 aliphatic carbocycles. The van der Waals surface area contributed by atoms with Crippen LogP contribution in [-0.4, -0.2) is 32.6 Å². The summed E-state index contributed by atoms with van der Waals surface area (Å²) in [6.07, 6.45) is 3.16. The second-order valence-corrected chi connectivity index (χ2v) is 3.79. The number of aromatic nitrogens is 4. The van der Waals surface area contributed by atoms with Gasteiger partial charge in [0.1, 0.15) is 5.82 Å². The highest BCUT2D eigenvalue weighted by molar-refractivity contribution is 5.90. The summed E-state index contributed by atoms with van der Waals surface area (Å²) < 4.78 is 0. The molecule has 0 aromatic carbocycles. The van der Waals surface area contributed by atoms with Crippen molar-refractivity contribution in [2.75, 3.05) is 6.54 Å². The number of nitrogens with one attached hydrogen (secondary N) is 2. The molecule has 0 atom stereocenters. The van der Waals surface area contributed by atoms with Gasteiger partial charge >= 0.3 is 0 Å². The molecule has 6 nitrogen and oxygen atoms in total. The number of rotatable bonds is 5. The molecule has 2 N–H and O–H groups in total.